The largest absolute Gasteiger partial charge is 0.322 e. The van der Waals surface area contributed by atoms with Gasteiger partial charge >= 0.3 is 0 Å². The van der Waals surface area contributed by atoms with Gasteiger partial charge in [-0.15, -0.1) is 0 Å². The Morgan fingerprint density at radius 2 is 2.12 bits per heavy atom. The molecule has 1 heterocycles. The van der Waals surface area contributed by atoms with E-state index in [9.17, 15) is 0 Å². The molecule has 0 unspecified atom stereocenters. The zero-order valence-electron chi connectivity index (χ0n) is 4.83. The van der Waals surface area contributed by atoms with Gasteiger partial charge in [-0.3, -0.25) is 0 Å². The second kappa shape index (κ2) is 2.01. The Morgan fingerprint density at radius 3 is 2.50 bits per heavy atom. The van der Waals surface area contributed by atoms with Crippen molar-refractivity contribution < 1.29 is 0 Å². The van der Waals surface area contributed by atoms with E-state index < -0.39 is 0 Å². The van der Waals surface area contributed by atoms with Crippen molar-refractivity contribution in [2.45, 2.75) is 6.42 Å². The lowest BCUT2D eigenvalue weighted by molar-refractivity contribution is 0.563. The van der Waals surface area contributed by atoms with Crippen molar-refractivity contribution in [2.24, 2.45) is 0 Å². The van der Waals surface area contributed by atoms with E-state index in [0.717, 1.165) is 24.2 Å². The van der Waals surface area contributed by atoms with E-state index in [-0.39, 0.29) is 0 Å². The maximum absolute atomic E-state index is 3.79. The monoisotopic (exact) mass is 110 g/mol. The van der Waals surface area contributed by atoms with Gasteiger partial charge in [-0.2, -0.15) is 0 Å². The molecule has 0 spiro atoms. The van der Waals surface area contributed by atoms with E-state index in [0.29, 0.717) is 0 Å². The number of allylic oxidation sites excluding steroid dienone is 1. The fourth-order valence-electron chi connectivity index (χ4n) is 0.622. The van der Waals surface area contributed by atoms with Crippen LogP contribution in [0.2, 0.25) is 0 Å². The number of hydrogen-bond donors (Lipinski definition) is 2. The molecular formula is C6H10N2. The molecule has 44 valence electrons. The highest BCUT2D eigenvalue weighted by Gasteiger charge is 2.03. The molecule has 1 aliphatic heterocycles. The summed E-state index contributed by atoms with van der Waals surface area (Å²) < 4.78 is 0. The fraction of sp³-hybridized carbons (Fsp3) is 0.333. The molecule has 0 atom stereocenters. The van der Waals surface area contributed by atoms with Crippen LogP contribution in [0.5, 0.6) is 0 Å². The van der Waals surface area contributed by atoms with Gasteiger partial charge in [-0.1, -0.05) is 13.2 Å². The minimum atomic E-state index is 0.913. The van der Waals surface area contributed by atoms with E-state index in [2.05, 4.69) is 24.0 Å². The van der Waals surface area contributed by atoms with Crippen LogP contribution in [0.4, 0.5) is 0 Å². The summed E-state index contributed by atoms with van der Waals surface area (Å²) in [7, 11) is 0. The van der Waals surface area contributed by atoms with E-state index in [4.69, 9.17) is 0 Å². The predicted octanol–water partition coefficient (Wildman–Crippen LogP) is 0.554. The summed E-state index contributed by atoms with van der Waals surface area (Å²) in [5.74, 6) is 0. The van der Waals surface area contributed by atoms with Crippen LogP contribution in [0.1, 0.15) is 6.42 Å². The second-order valence-electron chi connectivity index (χ2n) is 1.88. The summed E-state index contributed by atoms with van der Waals surface area (Å²) in [6.45, 7) is 8.47. The number of rotatable bonds is 0. The van der Waals surface area contributed by atoms with Crippen LogP contribution < -0.4 is 10.9 Å². The molecule has 1 saturated heterocycles. The smallest absolute Gasteiger partial charge is 0.0442 e. The summed E-state index contributed by atoms with van der Waals surface area (Å²) in [5, 5.41) is 0. The van der Waals surface area contributed by atoms with Gasteiger partial charge in [0, 0.05) is 12.2 Å². The third kappa shape index (κ3) is 0.898. The van der Waals surface area contributed by atoms with Crippen LogP contribution in [0.3, 0.4) is 0 Å². The summed E-state index contributed by atoms with van der Waals surface area (Å²) in [4.78, 5) is 0. The van der Waals surface area contributed by atoms with Crippen LogP contribution >= 0.6 is 0 Å². The van der Waals surface area contributed by atoms with Crippen molar-refractivity contribution in [3.63, 3.8) is 0 Å². The molecule has 2 nitrogen and oxygen atoms in total. The third-order valence-electron chi connectivity index (χ3n) is 1.22. The van der Waals surface area contributed by atoms with Gasteiger partial charge in [-0.05, 0) is 12.0 Å². The molecule has 2 N–H and O–H groups in total. The Kier molecular flexibility index (Phi) is 1.35. The van der Waals surface area contributed by atoms with Gasteiger partial charge in [-0.25, -0.2) is 5.43 Å². The average Bonchev–Trinajstić information content (AvgIpc) is 1.77. The van der Waals surface area contributed by atoms with Crippen LogP contribution in [0, 0.1) is 0 Å². The third-order valence-corrected chi connectivity index (χ3v) is 1.22. The zero-order chi connectivity index (χ0) is 5.98. The highest BCUT2D eigenvalue weighted by Crippen LogP contribution is 2.07. The van der Waals surface area contributed by atoms with Crippen molar-refractivity contribution >= 4 is 0 Å². The number of hydrogen-bond acceptors (Lipinski definition) is 2. The first-order valence-electron chi connectivity index (χ1n) is 2.66. The molecule has 0 aromatic heterocycles. The highest BCUT2D eigenvalue weighted by atomic mass is 15.4. The maximum Gasteiger partial charge on any atom is 0.0442 e. The number of nitrogens with one attached hydrogen (secondary N) is 2. The minimum absolute atomic E-state index is 0.913. The average molecular weight is 110 g/mol. The summed E-state index contributed by atoms with van der Waals surface area (Å²) in [5.41, 5.74) is 7.86. The predicted molar refractivity (Wildman–Crippen MR) is 34.0 cm³/mol. The standard InChI is InChI=1S/C6H10N2/c1-5-3-4-7-8-6(5)2/h7-8H,1-4H2. The molecule has 0 saturated carbocycles. The van der Waals surface area contributed by atoms with Crippen molar-refractivity contribution in [1.82, 2.24) is 10.9 Å². The van der Waals surface area contributed by atoms with E-state index in [1.807, 2.05) is 0 Å². The van der Waals surface area contributed by atoms with Crippen LogP contribution in [-0.4, -0.2) is 6.54 Å². The molecule has 1 fully saturated rings. The molecule has 1 rings (SSSR count). The second-order valence-corrected chi connectivity index (χ2v) is 1.88. The SMILES string of the molecule is C=C1CCNNC1=C. The van der Waals surface area contributed by atoms with Crippen LogP contribution in [-0.2, 0) is 0 Å². The lowest BCUT2D eigenvalue weighted by Gasteiger charge is -2.18. The van der Waals surface area contributed by atoms with E-state index in [1.165, 1.54) is 0 Å². The molecule has 8 heavy (non-hydrogen) atoms. The van der Waals surface area contributed by atoms with Crippen molar-refractivity contribution in [1.29, 1.82) is 0 Å². The normalized spacial score (nSPS) is 20.5. The van der Waals surface area contributed by atoms with Gasteiger partial charge < -0.3 is 5.43 Å². The summed E-state index contributed by atoms with van der Waals surface area (Å²) in [6.07, 6.45) is 1.01. The van der Waals surface area contributed by atoms with E-state index in [1.54, 1.807) is 0 Å². The van der Waals surface area contributed by atoms with Crippen molar-refractivity contribution in [3.8, 4) is 0 Å². The number of hydrazine groups is 1. The molecule has 0 aromatic rings. The molecule has 1 aliphatic rings. The highest BCUT2D eigenvalue weighted by molar-refractivity contribution is 5.24. The molecule has 0 aromatic carbocycles. The Bertz CT molecular complexity index is 110. The Balaban J connectivity index is 2.52. The van der Waals surface area contributed by atoms with Gasteiger partial charge in [0.1, 0.15) is 0 Å². The zero-order valence-corrected chi connectivity index (χ0v) is 4.83. The Morgan fingerprint density at radius 1 is 1.38 bits per heavy atom. The van der Waals surface area contributed by atoms with Gasteiger partial charge in [0.25, 0.3) is 0 Å². The molecule has 2 heteroatoms. The molecule has 0 radical (unpaired) electrons. The van der Waals surface area contributed by atoms with Gasteiger partial charge in [0.2, 0.25) is 0 Å². The quantitative estimate of drug-likeness (QED) is 0.476. The Hall–Kier alpha value is -0.760. The lowest BCUT2D eigenvalue weighted by Crippen LogP contribution is -2.36. The van der Waals surface area contributed by atoms with Crippen LogP contribution in [0.15, 0.2) is 24.4 Å². The first kappa shape index (κ1) is 5.38. The van der Waals surface area contributed by atoms with Crippen molar-refractivity contribution in [2.75, 3.05) is 6.54 Å². The lowest BCUT2D eigenvalue weighted by atomic mass is 10.1. The molecule has 0 aliphatic carbocycles. The maximum atomic E-state index is 3.79. The Labute approximate surface area is 49.2 Å². The van der Waals surface area contributed by atoms with Gasteiger partial charge in [0.15, 0.2) is 0 Å². The topological polar surface area (TPSA) is 24.1 Å². The first-order chi connectivity index (χ1) is 3.80. The minimum Gasteiger partial charge on any atom is -0.322 e. The van der Waals surface area contributed by atoms with Gasteiger partial charge in [0.05, 0.1) is 0 Å². The van der Waals surface area contributed by atoms with Crippen LogP contribution in [0.25, 0.3) is 0 Å². The first-order valence-corrected chi connectivity index (χ1v) is 2.66. The summed E-state index contributed by atoms with van der Waals surface area (Å²) >= 11 is 0. The van der Waals surface area contributed by atoms with E-state index >= 15 is 0 Å². The molecule has 0 bridgehead atoms. The summed E-state index contributed by atoms with van der Waals surface area (Å²) in [6, 6.07) is 0. The van der Waals surface area contributed by atoms with Crippen molar-refractivity contribution in [3.05, 3.63) is 24.4 Å². The molecule has 0 amide bonds. The molecular weight excluding hydrogens is 100 g/mol. The fourth-order valence-corrected chi connectivity index (χ4v) is 0.622.